The van der Waals surface area contributed by atoms with Crippen LogP contribution in [0.5, 0.6) is 0 Å². The molecule has 1 N–H and O–H groups in total. The first-order chi connectivity index (χ1) is 5.20. The summed E-state index contributed by atoms with van der Waals surface area (Å²) in [5, 5.41) is 10.1. The van der Waals surface area contributed by atoms with Crippen LogP contribution in [-0.4, -0.2) is 17.0 Å². The number of nitrogens with one attached hydrogen (secondary N) is 1. The van der Waals surface area contributed by atoms with Crippen LogP contribution in [0, 0.1) is 0 Å². The van der Waals surface area contributed by atoms with Gasteiger partial charge in [-0.25, -0.2) is 0 Å². The van der Waals surface area contributed by atoms with Gasteiger partial charge in [0.25, 0.3) is 0 Å². The third kappa shape index (κ3) is 3.04. The Balaban J connectivity index is 0.00000121. The summed E-state index contributed by atoms with van der Waals surface area (Å²) in [6.45, 7) is 0. The largest absolute Gasteiger partial charge is 2.00 e. The normalized spacial score (nSPS) is 11.8. The van der Waals surface area contributed by atoms with Gasteiger partial charge >= 0.3 is 17.1 Å². The first kappa shape index (κ1) is 11.2. The SMILES string of the molecule is [Cu+2].[NH-][C@@H](Cc1cnc[n-]1)C(=O)[O-]. The standard InChI is InChI=1S/C6H8N3O2.Cu/c7-5(6(10)11)1-4-2-8-3-9-4;/h2-3,5,7H,1H2,(H2,8,9,10,11);/q-1;+2/p-2/t5-;/m0./s1. The maximum absolute atomic E-state index is 10.1. The molecule has 0 bridgehead atoms. The summed E-state index contributed by atoms with van der Waals surface area (Å²) in [6.07, 6.45) is 2.81. The number of hydrogen-bond donors (Lipinski definition) is 0. The van der Waals surface area contributed by atoms with Crippen LogP contribution >= 0.6 is 0 Å². The molecule has 0 aliphatic carbocycles. The Morgan fingerprint density at radius 3 is 2.92 bits per heavy atom. The molecule has 0 unspecified atom stereocenters. The first-order valence-electron chi connectivity index (χ1n) is 3.03. The van der Waals surface area contributed by atoms with Gasteiger partial charge in [0.1, 0.15) is 0 Å². The Morgan fingerprint density at radius 1 is 1.83 bits per heavy atom. The summed E-state index contributed by atoms with van der Waals surface area (Å²) >= 11 is 0. The molecule has 1 rings (SSSR count). The Bertz CT molecular complexity index is 237. The fraction of sp³-hybridized carbons (Fsp3) is 0.333. The molecule has 0 fully saturated rings. The van der Waals surface area contributed by atoms with E-state index in [-0.39, 0.29) is 23.5 Å². The van der Waals surface area contributed by atoms with E-state index in [1.807, 2.05) is 0 Å². The van der Waals surface area contributed by atoms with Gasteiger partial charge in [-0.15, -0.1) is 0 Å². The van der Waals surface area contributed by atoms with Gasteiger partial charge in [0.15, 0.2) is 0 Å². The van der Waals surface area contributed by atoms with Gasteiger partial charge in [-0.2, -0.15) is 0 Å². The number of aliphatic carboxylic acids is 1. The average molecular weight is 216 g/mol. The van der Waals surface area contributed by atoms with E-state index in [2.05, 4.69) is 9.97 Å². The number of carbonyl (C=O) groups is 1. The predicted octanol–water partition coefficient (Wildman–Crippen LogP) is -1.25. The second-order valence-corrected chi connectivity index (χ2v) is 2.09. The van der Waals surface area contributed by atoms with Crippen molar-refractivity contribution >= 4 is 5.97 Å². The molecule has 0 amide bonds. The van der Waals surface area contributed by atoms with Crippen molar-refractivity contribution in [3.05, 3.63) is 24.0 Å². The van der Waals surface area contributed by atoms with Crippen LogP contribution in [0.3, 0.4) is 0 Å². The van der Waals surface area contributed by atoms with E-state index >= 15 is 0 Å². The van der Waals surface area contributed by atoms with Crippen molar-refractivity contribution in [3.63, 3.8) is 0 Å². The average Bonchev–Trinajstić information content (AvgIpc) is 2.39. The summed E-state index contributed by atoms with van der Waals surface area (Å²) < 4.78 is 0. The maximum atomic E-state index is 10.1. The Kier molecular flexibility index (Phi) is 4.58. The van der Waals surface area contributed by atoms with Gasteiger partial charge < -0.3 is 25.6 Å². The molecule has 0 aliphatic heterocycles. The van der Waals surface area contributed by atoms with Gasteiger partial charge in [0.2, 0.25) is 0 Å². The number of carbonyl (C=O) groups excluding carboxylic acids is 1. The van der Waals surface area contributed by atoms with Crippen molar-refractivity contribution in [2.75, 3.05) is 0 Å². The van der Waals surface area contributed by atoms with Crippen LogP contribution < -0.4 is 10.1 Å². The van der Waals surface area contributed by atoms with Crippen molar-refractivity contribution in [2.45, 2.75) is 12.5 Å². The van der Waals surface area contributed by atoms with E-state index in [0.717, 1.165) is 0 Å². The summed E-state index contributed by atoms with van der Waals surface area (Å²) in [5.74, 6) is -1.38. The zero-order valence-corrected chi connectivity index (χ0v) is 6.89. The molecule has 1 aromatic heterocycles. The van der Waals surface area contributed by atoms with Crippen LogP contribution in [0.1, 0.15) is 5.69 Å². The van der Waals surface area contributed by atoms with Gasteiger partial charge in [0, 0.05) is 5.97 Å². The van der Waals surface area contributed by atoms with E-state index in [4.69, 9.17) is 5.73 Å². The molecular weight excluding hydrogens is 210 g/mol. The van der Waals surface area contributed by atoms with Gasteiger partial charge in [-0.05, 0) is 6.42 Å². The van der Waals surface area contributed by atoms with Crippen LogP contribution in [0.2, 0.25) is 0 Å². The number of carboxylic acids is 1. The summed E-state index contributed by atoms with van der Waals surface area (Å²) in [6, 6.07) is -1.24. The van der Waals surface area contributed by atoms with Crippen molar-refractivity contribution in [1.82, 2.24) is 9.97 Å². The zero-order chi connectivity index (χ0) is 8.27. The Morgan fingerprint density at radius 2 is 2.50 bits per heavy atom. The molecule has 0 saturated carbocycles. The van der Waals surface area contributed by atoms with Crippen LogP contribution in [0.4, 0.5) is 0 Å². The quantitative estimate of drug-likeness (QED) is 0.589. The second kappa shape index (κ2) is 4.92. The molecular formula is C6H6CuN3O2-. The van der Waals surface area contributed by atoms with Crippen LogP contribution in [0.25, 0.3) is 5.73 Å². The minimum absolute atomic E-state index is 0. The minimum Gasteiger partial charge on any atom is -0.670 e. The molecule has 1 heterocycles. The molecule has 0 saturated heterocycles. The molecule has 12 heavy (non-hydrogen) atoms. The number of hydrogen-bond acceptors (Lipinski definition) is 3. The molecule has 1 aromatic rings. The van der Waals surface area contributed by atoms with Crippen LogP contribution in [-0.2, 0) is 28.3 Å². The van der Waals surface area contributed by atoms with Gasteiger partial charge in [-0.1, -0.05) is 24.3 Å². The Labute approximate surface area is 79.8 Å². The van der Waals surface area contributed by atoms with E-state index < -0.39 is 12.0 Å². The zero-order valence-electron chi connectivity index (χ0n) is 5.95. The number of nitrogens with zero attached hydrogens (tertiary/aromatic N) is 2. The smallest absolute Gasteiger partial charge is 0.670 e. The molecule has 69 valence electrons. The number of carboxylic acid groups (broad SMARTS) is 1. The summed E-state index contributed by atoms with van der Waals surface area (Å²) in [7, 11) is 0. The fourth-order valence-corrected chi connectivity index (χ4v) is 0.658. The molecule has 5 nitrogen and oxygen atoms in total. The summed E-state index contributed by atoms with van der Waals surface area (Å²) in [5.41, 5.74) is 7.48. The predicted molar refractivity (Wildman–Crippen MR) is 34.4 cm³/mol. The molecule has 1 atom stereocenters. The van der Waals surface area contributed by atoms with Gasteiger partial charge in [0.05, 0.1) is 0 Å². The second-order valence-electron chi connectivity index (χ2n) is 2.09. The number of imidazole rings is 1. The van der Waals surface area contributed by atoms with E-state index in [1.165, 1.54) is 12.5 Å². The maximum Gasteiger partial charge on any atom is 2.00 e. The van der Waals surface area contributed by atoms with E-state index in [1.54, 1.807) is 0 Å². The van der Waals surface area contributed by atoms with Gasteiger partial charge in [-0.3, -0.25) is 0 Å². The molecule has 0 aromatic carbocycles. The minimum atomic E-state index is -1.38. The number of aromatic nitrogens is 2. The first-order valence-corrected chi connectivity index (χ1v) is 3.03. The monoisotopic (exact) mass is 215 g/mol. The van der Waals surface area contributed by atoms with Crippen molar-refractivity contribution < 1.29 is 27.0 Å². The topological polar surface area (TPSA) is 90.9 Å². The third-order valence-electron chi connectivity index (χ3n) is 1.21. The van der Waals surface area contributed by atoms with E-state index in [9.17, 15) is 9.90 Å². The van der Waals surface area contributed by atoms with Crippen LogP contribution in [0.15, 0.2) is 12.5 Å². The molecule has 0 spiro atoms. The van der Waals surface area contributed by atoms with E-state index in [0.29, 0.717) is 5.69 Å². The van der Waals surface area contributed by atoms with Crippen molar-refractivity contribution in [2.24, 2.45) is 0 Å². The van der Waals surface area contributed by atoms with Crippen molar-refractivity contribution in [1.29, 1.82) is 0 Å². The third-order valence-corrected chi connectivity index (χ3v) is 1.21. The summed E-state index contributed by atoms with van der Waals surface area (Å²) in [4.78, 5) is 17.4. The Hall–Kier alpha value is -0.841. The fourth-order valence-electron chi connectivity index (χ4n) is 0.658. The molecule has 1 radical (unpaired) electrons. The molecule has 6 heteroatoms. The number of rotatable bonds is 3. The molecule has 0 aliphatic rings. The van der Waals surface area contributed by atoms with Crippen molar-refractivity contribution in [3.8, 4) is 0 Å².